The number of phenolic OH excluding ortho intramolecular Hbond substituents is 1. The monoisotopic (exact) mass is 451 g/mol. The Balaban J connectivity index is 2.45. The summed E-state index contributed by atoms with van der Waals surface area (Å²) in [6, 6.07) is 5.82. The Hall–Kier alpha value is -2.78. The van der Waals surface area contributed by atoms with Crippen LogP contribution in [0.5, 0.6) is 17.2 Å². The van der Waals surface area contributed by atoms with E-state index in [9.17, 15) is 32.0 Å². The van der Waals surface area contributed by atoms with Crippen LogP contribution in [0.25, 0.3) is 0 Å². The first kappa shape index (κ1) is 23.5. The molecule has 0 amide bonds. The maximum absolute atomic E-state index is 14.1. The Morgan fingerprint density at radius 1 is 0.967 bits per heavy atom. The van der Waals surface area contributed by atoms with Crippen molar-refractivity contribution in [2.24, 2.45) is 0 Å². The topological polar surface area (TPSA) is 94.1 Å². The van der Waals surface area contributed by atoms with E-state index in [-0.39, 0.29) is 5.75 Å². The predicted octanol–water partition coefficient (Wildman–Crippen LogP) is 4.44. The number of rotatable bonds is 8. The van der Waals surface area contributed by atoms with E-state index in [0.29, 0.717) is 0 Å². The lowest BCUT2D eigenvalue weighted by atomic mass is 10.2. The lowest BCUT2D eigenvalue weighted by Crippen LogP contribution is -2.37. The molecule has 0 aromatic heterocycles. The SMILES string of the molecule is CC(C)OC(=O)[C@H](C)NP(=O)(Oc1ccccc1)Oc1c(O)c(F)c(F)c(F)c1F. The lowest BCUT2D eigenvalue weighted by molar-refractivity contribution is -0.149. The molecular weight excluding hydrogens is 433 g/mol. The van der Waals surface area contributed by atoms with Crippen LogP contribution in [-0.4, -0.2) is 23.2 Å². The zero-order valence-corrected chi connectivity index (χ0v) is 16.9. The first-order valence-electron chi connectivity index (χ1n) is 8.52. The molecule has 0 saturated heterocycles. The summed E-state index contributed by atoms with van der Waals surface area (Å²) in [7, 11) is -4.83. The number of ether oxygens (including phenoxy) is 1. The number of carbonyl (C=O) groups is 1. The maximum atomic E-state index is 14.1. The standard InChI is InChI=1S/C18H18F4NO6P/c1-9(2)27-18(25)10(3)23-30(26,28-11-7-5-4-6-8-11)29-17-15(22)13(20)12(19)14(21)16(17)24/h4-10,24H,1-3H3,(H,23,26)/t10-,30?/m0/s1. The molecule has 0 radical (unpaired) electrons. The van der Waals surface area contributed by atoms with E-state index < -0.39 is 60.6 Å². The third-order valence-electron chi connectivity index (χ3n) is 3.44. The van der Waals surface area contributed by atoms with Crippen molar-refractivity contribution in [1.82, 2.24) is 5.09 Å². The Morgan fingerprint density at radius 3 is 2.10 bits per heavy atom. The molecule has 12 heteroatoms. The van der Waals surface area contributed by atoms with Crippen molar-refractivity contribution < 1.29 is 45.8 Å². The van der Waals surface area contributed by atoms with Gasteiger partial charge in [0.2, 0.25) is 34.8 Å². The van der Waals surface area contributed by atoms with Gasteiger partial charge in [0, 0.05) is 0 Å². The summed E-state index contributed by atoms with van der Waals surface area (Å²) in [6.07, 6.45) is -0.529. The van der Waals surface area contributed by atoms with Gasteiger partial charge in [0.05, 0.1) is 6.10 Å². The van der Waals surface area contributed by atoms with Gasteiger partial charge in [0.1, 0.15) is 11.8 Å². The van der Waals surface area contributed by atoms with E-state index in [4.69, 9.17) is 13.8 Å². The molecule has 7 nitrogen and oxygen atoms in total. The number of para-hydroxylation sites is 1. The molecule has 30 heavy (non-hydrogen) atoms. The molecule has 2 N–H and O–H groups in total. The number of carbonyl (C=O) groups excluding carboxylic acids is 1. The van der Waals surface area contributed by atoms with E-state index in [2.05, 4.69) is 5.09 Å². The molecule has 0 aliphatic heterocycles. The highest BCUT2D eigenvalue weighted by Gasteiger charge is 2.38. The summed E-state index contributed by atoms with van der Waals surface area (Å²) < 4.78 is 82.6. The van der Waals surface area contributed by atoms with Crippen molar-refractivity contribution in [2.75, 3.05) is 0 Å². The molecule has 0 spiro atoms. The van der Waals surface area contributed by atoms with Gasteiger partial charge in [-0.2, -0.15) is 13.9 Å². The Labute approximate surface area is 169 Å². The number of benzene rings is 2. The van der Waals surface area contributed by atoms with Gasteiger partial charge in [-0.05, 0) is 32.9 Å². The van der Waals surface area contributed by atoms with Gasteiger partial charge in [-0.15, -0.1) is 0 Å². The van der Waals surface area contributed by atoms with Crippen molar-refractivity contribution in [3.8, 4) is 17.2 Å². The quantitative estimate of drug-likeness (QED) is 0.201. The zero-order chi connectivity index (χ0) is 22.6. The highest BCUT2D eigenvalue weighted by atomic mass is 31.2. The Morgan fingerprint density at radius 2 is 1.53 bits per heavy atom. The Bertz CT molecular complexity index is 944. The van der Waals surface area contributed by atoms with Gasteiger partial charge < -0.3 is 18.9 Å². The van der Waals surface area contributed by atoms with Crippen molar-refractivity contribution in [1.29, 1.82) is 0 Å². The van der Waals surface area contributed by atoms with Gasteiger partial charge in [-0.25, -0.2) is 13.3 Å². The van der Waals surface area contributed by atoms with E-state index in [1.54, 1.807) is 19.9 Å². The largest absolute Gasteiger partial charge is 0.513 e. The van der Waals surface area contributed by atoms with E-state index in [0.717, 1.165) is 0 Å². The van der Waals surface area contributed by atoms with Crippen LogP contribution in [-0.2, 0) is 14.1 Å². The van der Waals surface area contributed by atoms with E-state index in [1.165, 1.54) is 31.2 Å². The number of nitrogens with one attached hydrogen (secondary N) is 1. The molecule has 0 aliphatic carbocycles. The number of hydrogen-bond acceptors (Lipinski definition) is 6. The number of phenols is 1. The molecule has 2 atom stereocenters. The van der Waals surface area contributed by atoms with Gasteiger partial charge in [-0.3, -0.25) is 4.79 Å². The van der Waals surface area contributed by atoms with Crippen molar-refractivity contribution in [3.05, 3.63) is 53.6 Å². The molecule has 0 aliphatic rings. The average molecular weight is 451 g/mol. The van der Waals surface area contributed by atoms with Crippen LogP contribution in [0.15, 0.2) is 30.3 Å². The van der Waals surface area contributed by atoms with Crippen LogP contribution in [0.4, 0.5) is 17.6 Å². The highest BCUT2D eigenvalue weighted by molar-refractivity contribution is 7.52. The summed E-state index contributed by atoms with van der Waals surface area (Å²) in [5.41, 5.74) is 0. The predicted molar refractivity (Wildman–Crippen MR) is 97.1 cm³/mol. The second-order valence-electron chi connectivity index (χ2n) is 6.26. The smallest absolute Gasteiger partial charge is 0.502 e. The minimum absolute atomic E-state index is 0.0966. The van der Waals surface area contributed by atoms with Gasteiger partial charge >= 0.3 is 13.7 Å². The summed E-state index contributed by atoms with van der Waals surface area (Å²) >= 11 is 0. The minimum Gasteiger partial charge on any atom is -0.502 e. The van der Waals surface area contributed by atoms with Crippen LogP contribution in [0, 0.1) is 23.3 Å². The van der Waals surface area contributed by atoms with E-state index >= 15 is 0 Å². The van der Waals surface area contributed by atoms with Crippen molar-refractivity contribution >= 4 is 13.7 Å². The number of hydrogen-bond donors (Lipinski definition) is 2. The van der Waals surface area contributed by atoms with Crippen LogP contribution >= 0.6 is 7.75 Å². The second kappa shape index (κ2) is 9.36. The van der Waals surface area contributed by atoms with Crippen LogP contribution in [0.2, 0.25) is 0 Å². The molecule has 2 aromatic rings. The number of halogens is 4. The van der Waals surface area contributed by atoms with Crippen LogP contribution in [0.3, 0.4) is 0 Å². The molecule has 0 saturated carbocycles. The normalized spacial score (nSPS) is 14.1. The summed E-state index contributed by atoms with van der Waals surface area (Å²) in [5, 5.41) is 11.8. The first-order chi connectivity index (χ1) is 13.9. The fraction of sp³-hybridized carbons (Fsp3) is 0.278. The molecule has 1 unspecified atom stereocenters. The average Bonchev–Trinajstić information content (AvgIpc) is 2.68. The molecular formula is C18H18F4NO6P. The lowest BCUT2D eigenvalue weighted by Gasteiger charge is -2.24. The summed E-state index contributed by atoms with van der Waals surface area (Å²) in [6.45, 7) is 4.31. The second-order valence-corrected chi connectivity index (χ2v) is 7.88. The third-order valence-corrected chi connectivity index (χ3v) is 5.02. The molecule has 0 heterocycles. The molecule has 2 rings (SSSR count). The number of esters is 1. The molecule has 0 fully saturated rings. The van der Waals surface area contributed by atoms with Gasteiger partial charge in [0.15, 0.2) is 0 Å². The minimum atomic E-state index is -4.83. The van der Waals surface area contributed by atoms with Crippen molar-refractivity contribution in [2.45, 2.75) is 32.9 Å². The van der Waals surface area contributed by atoms with Crippen molar-refractivity contribution in [3.63, 3.8) is 0 Å². The Kier molecular flexibility index (Phi) is 7.33. The summed E-state index contributed by atoms with van der Waals surface area (Å²) in [5.74, 6) is -13.3. The van der Waals surface area contributed by atoms with Crippen LogP contribution in [0.1, 0.15) is 20.8 Å². The first-order valence-corrected chi connectivity index (χ1v) is 10.1. The van der Waals surface area contributed by atoms with Gasteiger partial charge in [-0.1, -0.05) is 18.2 Å². The third kappa shape index (κ3) is 5.43. The maximum Gasteiger partial charge on any atom is 0.513 e. The number of aromatic hydroxyl groups is 1. The molecule has 164 valence electrons. The van der Waals surface area contributed by atoms with Gasteiger partial charge in [0.25, 0.3) is 0 Å². The molecule has 0 bridgehead atoms. The van der Waals surface area contributed by atoms with Crippen LogP contribution < -0.4 is 14.1 Å². The zero-order valence-electron chi connectivity index (χ0n) is 16.0. The molecule has 2 aromatic carbocycles. The highest BCUT2D eigenvalue weighted by Crippen LogP contribution is 2.49. The van der Waals surface area contributed by atoms with E-state index in [1.807, 2.05) is 0 Å². The fourth-order valence-electron chi connectivity index (χ4n) is 2.12. The fourth-order valence-corrected chi connectivity index (χ4v) is 3.65. The summed E-state index contributed by atoms with van der Waals surface area (Å²) in [4.78, 5) is 12.0.